The van der Waals surface area contributed by atoms with Gasteiger partial charge < -0.3 is 9.80 Å². The Bertz CT molecular complexity index is 502. The van der Waals surface area contributed by atoms with E-state index in [9.17, 15) is 9.18 Å². The Morgan fingerprint density at radius 2 is 1.95 bits per heavy atom. The molecule has 0 bridgehead atoms. The van der Waals surface area contributed by atoms with Crippen LogP contribution in [0, 0.1) is 5.82 Å². The van der Waals surface area contributed by atoms with Gasteiger partial charge >= 0.3 is 0 Å². The van der Waals surface area contributed by atoms with Crippen LogP contribution in [0.15, 0.2) is 22.7 Å². The van der Waals surface area contributed by atoms with E-state index in [2.05, 4.69) is 39.8 Å². The normalized spacial score (nSPS) is 16.5. The lowest BCUT2D eigenvalue weighted by atomic mass is 10.1. The molecule has 0 saturated carbocycles. The van der Waals surface area contributed by atoms with E-state index in [-0.39, 0.29) is 11.5 Å². The van der Waals surface area contributed by atoms with Gasteiger partial charge in [-0.05, 0) is 42.2 Å². The van der Waals surface area contributed by atoms with E-state index < -0.39 is 5.82 Å². The second kappa shape index (κ2) is 7.33. The summed E-state index contributed by atoms with van der Waals surface area (Å²) in [5, 5.41) is 0. The number of hydrogen-bond donors (Lipinski definition) is 0. The summed E-state index contributed by atoms with van der Waals surface area (Å²) in [6.45, 7) is 5.00. The first-order valence-electron chi connectivity index (χ1n) is 7.09. The van der Waals surface area contributed by atoms with Crippen LogP contribution >= 0.6 is 15.9 Å². The molecule has 116 valence electrons. The lowest BCUT2D eigenvalue weighted by molar-refractivity contribution is 0.0625. The van der Waals surface area contributed by atoms with Gasteiger partial charge in [-0.25, -0.2) is 4.39 Å². The van der Waals surface area contributed by atoms with E-state index >= 15 is 0 Å². The SMILES string of the molecule is CN(C)CCN1CCN(C(=O)c2cccc(Br)c2F)CC1. The van der Waals surface area contributed by atoms with Gasteiger partial charge in [0.05, 0.1) is 10.0 Å². The lowest BCUT2D eigenvalue weighted by Gasteiger charge is -2.35. The summed E-state index contributed by atoms with van der Waals surface area (Å²) in [6, 6.07) is 4.83. The molecule has 6 heteroatoms. The molecule has 1 amide bonds. The third-order valence-corrected chi connectivity index (χ3v) is 4.32. The van der Waals surface area contributed by atoms with E-state index in [1.54, 1.807) is 23.1 Å². The summed E-state index contributed by atoms with van der Waals surface area (Å²) >= 11 is 3.12. The predicted octanol–water partition coefficient (Wildman–Crippen LogP) is 1.91. The molecule has 0 aromatic heterocycles. The Hall–Kier alpha value is -0.980. The van der Waals surface area contributed by atoms with Gasteiger partial charge in [0.15, 0.2) is 0 Å². The Balaban J connectivity index is 1.93. The van der Waals surface area contributed by atoms with Crippen molar-refractivity contribution in [3.8, 4) is 0 Å². The van der Waals surface area contributed by atoms with Gasteiger partial charge in [-0.3, -0.25) is 9.69 Å². The summed E-state index contributed by atoms with van der Waals surface area (Å²) in [5.74, 6) is -0.696. The Morgan fingerprint density at radius 1 is 1.29 bits per heavy atom. The molecule has 1 aliphatic heterocycles. The average molecular weight is 358 g/mol. The zero-order valence-electron chi connectivity index (χ0n) is 12.5. The maximum absolute atomic E-state index is 14.0. The summed E-state index contributed by atoms with van der Waals surface area (Å²) in [6.07, 6.45) is 0. The van der Waals surface area contributed by atoms with Crippen LogP contribution in [-0.4, -0.2) is 74.0 Å². The first-order valence-corrected chi connectivity index (χ1v) is 7.88. The molecular formula is C15H21BrFN3O. The van der Waals surface area contributed by atoms with Crippen molar-refractivity contribution in [2.45, 2.75) is 0 Å². The highest BCUT2D eigenvalue weighted by molar-refractivity contribution is 9.10. The molecule has 1 fully saturated rings. The number of carbonyl (C=O) groups is 1. The molecule has 1 heterocycles. The van der Waals surface area contributed by atoms with Crippen LogP contribution in [0.2, 0.25) is 0 Å². The van der Waals surface area contributed by atoms with Crippen LogP contribution in [0.3, 0.4) is 0 Å². The van der Waals surface area contributed by atoms with Gasteiger partial charge in [0, 0.05) is 39.3 Å². The first kappa shape index (κ1) is 16.4. The minimum absolute atomic E-state index is 0.145. The summed E-state index contributed by atoms with van der Waals surface area (Å²) in [5.41, 5.74) is 0.145. The van der Waals surface area contributed by atoms with Crippen molar-refractivity contribution in [3.05, 3.63) is 34.1 Å². The fourth-order valence-corrected chi connectivity index (χ4v) is 2.72. The van der Waals surface area contributed by atoms with Crippen molar-refractivity contribution in [2.75, 3.05) is 53.4 Å². The van der Waals surface area contributed by atoms with Crippen LogP contribution in [-0.2, 0) is 0 Å². The monoisotopic (exact) mass is 357 g/mol. The molecule has 1 saturated heterocycles. The maximum Gasteiger partial charge on any atom is 0.256 e. The fourth-order valence-electron chi connectivity index (χ4n) is 2.36. The van der Waals surface area contributed by atoms with E-state index in [0.717, 1.165) is 26.2 Å². The van der Waals surface area contributed by atoms with Crippen LogP contribution in [0.25, 0.3) is 0 Å². The Labute approximate surface area is 133 Å². The quantitative estimate of drug-likeness (QED) is 0.823. The number of likely N-dealkylation sites (N-methyl/N-ethyl adjacent to an activating group) is 1. The van der Waals surface area contributed by atoms with Crippen LogP contribution in [0.1, 0.15) is 10.4 Å². The van der Waals surface area contributed by atoms with Gasteiger partial charge in [0.1, 0.15) is 5.82 Å². The molecule has 0 N–H and O–H groups in total. The van der Waals surface area contributed by atoms with Crippen molar-refractivity contribution in [1.82, 2.24) is 14.7 Å². The number of halogens is 2. The first-order chi connectivity index (χ1) is 9.99. The Morgan fingerprint density at radius 3 is 2.57 bits per heavy atom. The van der Waals surface area contributed by atoms with Crippen molar-refractivity contribution in [3.63, 3.8) is 0 Å². The number of hydrogen-bond acceptors (Lipinski definition) is 3. The zero-order chi connectivity index (χ0) is 15.4. The highest BCUT2D eigenvalue weighted by Crippen LogP contribution is 2.20. The van der Waals surface area contributed by atoms with E-state index in [1.807, 2.05) is 0 Å². The molecule has 1 aromatic carbocycles. The summed E-state index contributed by atoms with van der Waals surface area (Å²) in [7, 11) is 4.10. The average Bonchev–Trinajstić information content (AvgIpc) is 2.48. The van der Waals surface area contributed by atoms with Crippen molar-refractivity contribution in [2.24, 2.45) is 0 Å². The predicted molar refractivity (Wildman–Crippen MR) is 85.0 cm³/mol. The number of amides is 1. The van der Waals surface area contributed by atoms with Gasteiger partial charge in [-0.1, -0.05) is 6.07 Å². The van der Waals surface area contributed by atoms with E-state index in [0.29, 0.717) is 17.6 Å². The molecule has 0 atom stereocenters. The second-order valence-electron chi connectivity index (χ2n) is 5.54. The van der Waals surface area contributed by atoms with Crippen molar-refractivity contribution in [1.29, 1.82) is 0 Å². The number of piperazine rings is 1. The Kier molecular flexibility index (Phi) is 5.72. The number of benzene rings is 1. The van der Waals surface area contributed by atoms with Crippen LogP contribution < -0.4 is 0 Å². The molecule has 0 aliphatic carbocycles. The van der Waals surface area contributed by atoms with Gasteiger partial charge in [-0.2, -0.15) is 0 Å². The van der Waals surface area contributed by atoms with Crippen molar-refractivity contribution < 1.29 is 9.18 Å². The van der Waals surface area contributed by atoms with Crippen molar-refractivity contribution >= 4 is 21.8 Å². The standard InChI is InChI=1S/C15H21BrFN3O/c1-18(2)6-7-19-8-10-20(11-9-19)15(21)12-4-3-5-13(16)14(12)17/h3-5H,6-11H2,1-2H3. The molecule has 0 unspecified atom stereocenters. The summed E-state index contributed by atoms with van der Waals surface area (Å²) in [4.78, 5) is 18.6. The van der Waals surface area contributed by atoms with Gasteiger partial charge in [0.2, 0.25) is 0 Å². The van der Waals surface area contributed by atoms with Gasteiger partial charge in [-0.15, -0.1) is 0 Å². The molecule has 1 aromatic rings. The molecule has 0 spiro atoms. The van der Waals surface area contributed by atoms with E-state index in [1.165, 1.54) is 0 Å². The largest absolute Gasteiger partial charge is 0.336 e. The molecular weight excluding hydrogens is 337 g/mol. The highest BCUT2D eigenvalue weighted by atomic mass is 79.9. The number of carbonyl (C=O) groups excluding carboxylic acids is 1. The smallest absolute Gasteiger partial charge is 0.256 e. The molecule has 2 rings (SSSR count). The van der Waals surface area contributed by atoms with Crippen LogP contribution in [0.4, 0.5) is 4.39 Å². The lowest BCUT2D eigenvalue weighted by Crippen LogP contribution is -2.50. The minimum atomic E-state index is -0.475. The highest BCUT2D eigenvalue weighted by Gasteiger charge is 2.24. The third kappa shape index (κ3) is 4.25. The molecule has 4 nitrogen and oxygen atoms in total. The van der Waals surface area contributed by atoms with Crippen LogP contribution in [0.5, 0.6) is 0 Å². The topological polar surface area (TPSA) is 26.8 Å². The second-order valence-corrected chi connectivity index (χ2v) is 6.39. The molecule has 21 heavy (non-hydrogen) atoms. The molecule has 0 radical (unpaired) electrons. The molecule has 1 aliphatic rings. The van der Waals surface area contributed by atoms with Gasteiger partial charge in [0.25, 0.3) is 5.91 Å². The number of nitrogens with zero attached hydrogens (tertiary/aromatic N) is 3. The third-order valence-electron chi connectivity index (χ3n) is 3.70. The fraction of sp³-hybridized carbons (Fsp3) is 0.533. The summed E-state index contributed by atoms with van der Waals surface area (Å²) < 4.78 is 14.3. The number of rotatable bonds is 4. The minimum Gasteiger partial charge on any atom is -0.336 e. The maximum atomic E-state index is 14.0. The van der Waals surface area contributed by atoms with E-state index in [4.69, 9.17) is 0 Å². The zero-order valence-corrected chi connectivity index (χ0v) is 14.1.